The second-order valence-corrected chi connectivity index (χ2v) is 7.31. The van der Waals surface area contributed by atoms with Crippen LogP contribution in [0.5, 0.6) is 0 Å². The van der Waals surface area contributed by atoms with E-state index in [9.17, 15) is 4.79 Å². The van der Waals surface area contributed by atoms with E-state index in [-0.39, 0.29) is 11.8 Å². The molecule has 0 aliphatic rings. The first kappa shape index (κ1) is 19.2. The van der Waals surface area contributed by atoms with Crippen molar-refractivity contribution in [1.82, 2.24) is 10.3 Å². The maximum absolute atomic E-state index is 12.6. The number of H-pyrrole nitrogens is 1. The zero-order valence-corrected chi connectivity index (χ0v) is 16.6. The van der Waals surface area contributed by atoms with Crippen LogP contribution in [-0.2, 0) is 11.2 Å². The normalized spacial score (nSPS) is 12.3. The minimum atomic E-state index is 0.0485. The molecule has 0 spiro atoms. The number of hydrogen-bond donors (Lipinski definition) is 2. The summed E-state index contributed by atoms with van der Waals surface area (Å²) in [5, 5.41) is 4.31. The van der Waals surface area contributed by atoms with Gasteiger partial charge in [-0.05, 0) is 36.5 Å². The molecule has 27 heavy (non-hydrogen) atoms. The third-order valence-corrected chi connectivity index (χ3v) is 5.28. The van der Waals surface area contributed by atoms with Gasteiger partial charge in [0.1, 0.15) is 0 Å². The summed E-state index contributed by atoms with van der Waals surface area (Å²) >= 11 is 0. The van der Waals surface area contributed by atoms with Gasteiger partial charge in [0.25, 0.3) is 0 Å². The number of unbranched alkanes of at least 4 members (excludes halogenated alkanes) is 1. The molecule has 3 nitrogen and oxygen atoms in total. The Kier molecular flexibility index (Phi) is 6.33. The first-order chi connectivity index (χ1) is 13.1. The van der Waals surface area contributed by atoms with E-state index in [1.807, 2.05) is 0 Å². The van der Waals surface area contributed by atoms with E-state index in [1.165, 1.54) is 33.2 Å². The van der Waals surface area contributed by atoms with Gasteiger partial charge in [-0.1, -0.05) is 68.3 Å². The number of rotatable bonds is 8. The molecule has 142 valence electrons. The Morgan fingerprint density at radius 1 is 1.15 bits per heavy atom. The summed E-state index contributed by atoms with van der Waals surface area (Å²) in [6.45, 7) is 7.17. The summed E-state index contributed by atoms with van der Waals surface area (Å²) in [6, 6.07) is 15.0. The molecule has 2 N–H and O–H groups in total. The first-order valence-electron chi connectivity index (χ1n) is 10.1. The molecular formula is C24H30N2O. The van der Waals surface area contributed by atoms with E-state index >= 15 is 0 Å². The fraction of sp³-hybridized carbons (Fsp3) is 0.375. The molecule has 0 saturated heterocycles. The van der Waals surface area contributed by atoms with Crippen LogP contribution in [0.1, 0.15) is 61.3 Å². The zero-order valence-electron chi connectivity index (χ0n) is 16.6. The van der Waals surface area contributed by atoms with E-state index in [2.05, 4.69) is 79.7 Å². The van der Waals surface area contributed by atoms with Crippen molar-refractivity contribution in [2.24, 2.45) is 0 Å². The third-order valence-electron chi connectivity index (χ3n) is 5.28. The molecule has 3 heteroatoms. The quantitative estimate of drug-likeness (QED) is 0.512. The molecule has 0 bridgehead atoms. The fourth-order valence-corrected chi connectivity index (χ4v) is 3.78. The van der Waals surface area contributed by atoms with Crippen molar-refractivity contribution in [2.75, 3.05) is 6.54 Å². The molecule has 1 aromatic heterocycles. The van der Waals surface area contributed by atoms with Crippen LogP contribution in [-0.4, -0.2) is 17.4 Å². The zero-order chi connectivity index (χ0) is 19.2. The van der Waals surface area contributed by atoms with Crippen LogP contribution < -0.4 is 5.32 Å². The number of para-hydroxylation sites is 1. The maximum atomic E-state index is 12.6. The topological polar surface area (TPSA) is 44.9 Å². The summed E-state index contributed by atoms with van der Waals surface area (Å²) < 4.78 is 0. The Hall–Kier alpha value is -2.55. The van der Waals surface area contributed by atoms with Gasteiger partial charge in [0.2, 0.25) is 5.91 Å². The van der Waals surface area contributed by atoms with Crippen LogP contribution >= 0.6 is 0 Å². The second kappa shape index (κ2) is 8.90. The van der Waals surface area contributed by atoms with Crippen LogP contribution in [0.15, 0.2) is 48.7 Å². The minimum absolute atomic E-state index is 0.0485. The molecule has 0 fully saturated rings. The van der Waals surface area contributed by atoms with E-state index in [1.54, 1.807) is 0 Å². The van der Waals surface area contributed by atoms with Crippen molar-refractivity contribution in [3.8, 4) is 0 Å². The van der Waals surface area contributed by atoms with Gasteiger partial charge in [0.15, 0.2) is 0 Å². The number of amides is 1. The van der Waals surface area contributed by atoms with Gasteiger partial charge in [0.05, 0.1) is 0 Å². The average molecular weight is 363 g/mol. The monoisotopic (exact) mass is 362 g/mol. The molecular weight excluding hydrogens is 332 g/mol. The van der Waals surface area contributed by atoms with Crippen LogP contribution in [0.3, 0.4) is 0 Å². The van der Waals surface area contributed by atoms with Gasteiger partial charge in [-0.15, -0.1) is 0 Å². The molecule has 3 rings (SSSR count). The molecule has 1 amide bonds. The lowest BCUT2D eigenvalue weighted by molar-refractivity contribution is -0.121. The van der Waals surface area contributed by atoms with Crippen LogP contribution in [0.4, 0.5) is 0 Å². The molecule has 1 unspecified atom stereocenters. The Balaban J connectivity index is 1.98. The van der Waals surface area contributed by atoms with Crippen LogP contribution in [0, 0.1) is 6.92 Å². The Morgan fingerprint density at radius 3 is 2.70 bits per heavy atom. The van der Waals surface area contributed by atoms with Crippen molar-refractivity contribution in [1.29, 1.82) is 0 Å². The highest BCUT2D eigenvalue weighted by Gasteiger charge is 2.22. The standard InChI is InChI=1S/C24H30N2O/c1-4-6-13-25-23(27)15-21(19-11-7-9-17(3)14-19)22-16-26-24-18(5-2)10-8-12-20(22)24/h7-12,14,16,21,26H,4-6,13,15H2,1-3H3,(H,25,27). The van der Waals surface area contributed by atoms with Gasteiger partial charge in [-0.2, -0.15) is 0 Å². The lowest BCUT2D eigenvalue weighted by Gasteiger charge is -2.18. The predicted molar refractivity (Wildman–Crippen MR) is 113 cm³/mol. The number of carbonyl (C=O) groups is 1. The smallest absolute Gasteiger partial charge is 0.220 e. The Labute approximate surface area is 162 Å². The van der Waals surface area contributed by atoms with Crippen molar-refractivity contribution >= 4 is 16.8 Å². The number of benzene rings is 2. The van der Waals surface area contributed by atoms with Crippen LogP contribution in [0.25, 0.3) is 10.9 Å². The lowest BCUT2D eigenvalue weighted by Crippen LogP contribution is -2.26. The Bertz CT molecular complexity index is 910. The van der Waals surface area contributed by atoms with Crippen molar-refractivity contribution in [3.05, 3.63) is 70.9 Å². The summed E-state index contributed by atoms with van der Waals surface area (Å²) in [4.78, 5) is 16.1. The van der Waals surface area contributed by atoms with Crippen molar-refractivity contribution < 1.29 is 4.79 Å². The largest absolute Gasteiger partial charge is 0.361 e. The molecule has 0 aliphatic carbocycles. The van der Waals surface area contributed by atoms with Crippen LogP contribution in [0.2, 0.25) is 0 Å². The summed E-state index contributed by atoms with van der Waals surface area (Å²) in [7, 11) is 0. The molecule has 2 aromatic carbocycles. The minimum Gasteiger partial charge on any atom is -0.361 e. The molecule has 0 saturated carbocycles. The van der Waals surface area contributed by atoms with Crippen molar-refractivity contribution in [3.63, 3.8) is 0 Å². The maximum Gasteiger partial charge on any atom is 0.220 e. The average Bonchev–Trinajstić information content (AvgIpc) is 3.10. The van der Waals surface area contributed by atoms with Gasteiger partial charge in [-0.25, -0.2) is 0 Å². The number of aryl methyl sites for hydroxylation is 2. The van der Waals surface area contributed by atoms with E-state index in [0.29, 0.717) is 6.42 Å². The fourth-order valence-electron chi connectivity index (χ4n) is 3.78. The highest BCUT2D eigenvalue weighted by atomic mass is 16.1. The van der Waals surface area contributed by atoms with E-state index in [0.717, 1.165) is 25.8 Å². The van der Waals surface area contributed by atoms with Gasteiger partial charge in [-0.3, -0.25) is 4.79 Å². The Morgan fingerprint density at radius 2 is 1.96 bits per heavy atom. The lowest BCUT2D eigenvalue weighted by atomic mass is 9.87. The molecule has 0 radical (unpaired) electrons. The van der Waals surface area contributed by atoms with E-state index < -0.39 is 0 Å². The summed E-state index contributed by atoms with van der Waals surface area (Å²) in [5.74, 6) is 0.170. The highest BCUT2D eigenvalue weighted by Crippen LogP contribution is 2.34. The SMILES string of the molecule is CCCCNC(=O)CC(c1cccc(C)c1)c1c[nH]c2c(CC)cccc12. The van der Waals surface area contributed by atoms with Crippen molar-refractivity contribution in [2.45, 2.75) is 52.4 Å². The summed E-state index contributed by atoms with van der Waals surface area (Å²) in [6.07, 6.45) is 5.66. The third kappa shape index (κ3) is 4.41. The number of fused-ring (bicyclic) bond motifs is 1. The van der Waals surface area contributed by atoms with Gasteiger partial charge in [0, 0.05) is 36.0 Å². The highest BCUT2D eigenvalue weighted by molar-refractivity contribution is 5.88. The number of carbonyl (C=O) groups excluding carboxylic acids is 1. The molecule has 3 aromatic rings. The number of aromatic nitrogens is 1. The molecule has 0 aliphatic heterocycles. The number of hydrogen-bond acceptors (Lipinski definition) is 1. The van der Waals surface area contributed by atoms with E-state index in [4.69, 9.17) is 0 Å². The number of nitrogens with one attached hydrogen (secondary N) is 2. The predicted octanol–water partition coefficient (Wildman–Crippen LogP) is 5.48. The second-order valence-electron chi connectivity index (χ2n) is 7.31. The van der Waals surface area contributed by atoms with Gasteiger partial charge >= 0.3 is 0 Å². The summed E-state index contributed by atoms with van der Waals surface area (Å²) in [5.41, 5.74) is 6.13. The molecule has 1 atom stereocenters. The van der Waals surface area contributed by atoms with Gasteiger partial charge < -0.3 is 10.3 Å². The first-order valence-corrected chi connectivity index (χ1v) is 10.1. The number of aromatic amines is 1. The molecule has 1 heterocycles.